The van der Waals surface area contributed by atoms with Gasteiger partial charge in [0.15, 0.2) is 0 Å². The first kappa shape index (κ1) is 15.3. The summed E-state index contributed by atoms with van der Waals surface area (Å²) in [4.78, 5) is 11.7. The lowest BCUT2D eigenvalue weighted by Gasteiger charge is -2.15. The van der Waals surface area contributed by atoms with Gasteiger partial charge in [-0.05, 0) is 6.07 Å². The highest BCUT2D eigenvalue weighted by atomic mass is 19.1. The predicted molar refractivity (Wildman–Crippen MR) is 65.8 cm³/mol. The van der Waals surface area contributed by atoms with E-state index in [1.54, 1.807) is 0 Å². The quantitative estimate of drug-likeness (QED) is 0.757. The Labute approximate surface area is 109 Å². The fraction of sp³-hybridized carbons (Fsp3) is 0.417. The number of anilines is 1. The van der Waals surface area contributed by atoms with Gasteiger partial charge in [-0.25, -0.2) is 8.78 Å². The number of nitrogen functional groups attached to an aromatic ring is 1. The Morgan fingerprint density at radius 3 is 2.63 bits per heavy atom. The van der Waals surface area contributed by atoms with E-state index in [1.807, 2.05) is 0 Å². The minimum Gasteiger partial charge on any atom is -0.396 e. The number of nitrogens with two attached hydrogens (primary N) is 1. The molecule has 5 nitrogen and oxygen atoms in total. The molecule has 0 fully saturated rings. The van der Waals surface area contributed by atoms with E-state index < -0.39 is 17.5 Å². The molecule has 1 aromatic rings. The first-order chi connectivity index (χ1) is 8.99. The second kappa shape index (κ2) is 7.01. The van der Waals surface area contributed by atoms with Gasteiger partial charge >= 0.3 is 0 Å². The van der Waals surface area contributed by atoms with E-state index in [2.05, 4.69) is 5.32 Å². The molecule has 0 aliphatic heterocycles. The van der Waals surface area contributed by atoms with Crippen molar-refractivity contribution in [3.63, 3.8) is 0 Å². The number of rotatable bonds is 6. The largest absolute Gasteiger partial charge is 0.396 e. The van der Waals surface area contributed by atoms with Gasteiger partial charge in [-0.1, -0.05) is 0 Å². The molecule has 0 spiro atoms. The van der Waals surface area contributed by atoms with Crippen LogP contribution in [0.15, 0.2) is 12.1 Å². The number of methoxy groups -OCH3 is 2. The number of carbonyl (C=O) groups excluding carboxylic acids is 1. The number of halogens is 2. The van der Waals surface area contributed by atoms with E-state index in [9.17, 15) is 13.6 Å². The van der Waals surface area contributed by atoms with Crippen molar-refractivity contribution in [3.05, 3.63) is 29.3 Å². The Balaban J connectivity index is 2.70. The van der Waals surface area contributed by atoms with Gasteiger partial charge in [0.05, 0.1) is 24.0 Å². The molecule has 1 atom stereocenters. The van der Waals surface area contributed by atoms with Crippen molar-refractivity contribution < 1.29 is 23.0 Å². The summed E-state index contributed by atoms with van der Waals surface area (Å²) in [6.07, 6.45) is -0.352. The molecule has 1 amide bonds. The van der Waals surface area contributed by atoms with Gasteiger partial charge in [0.1, 0.15) is 11.6 Å². The van der Waals surface area contributed by atoms with Gasteiger partial charge < -0.3 is 20.5 Å². The number of hydrogen-bond acceptors (Lipinski definition) is 4. The normalized spacial score (nSPS) is 12.2. The van der Waals surface area contributed by atoms with Crippen LogP contribution < -0.4 is 11.1 Å². The van der Waals surface area contributed by atoms with Crippen LogP contribution in [0.4, 0.5) is 14.5 Å². The van der Waals surface area contributed by atoms with Gasteiger partial charge in [0.25, 0.3) is 5.91 Å². The summed E-state index contributed by atoms with van der Waals surface area (Å²) in [5, 5.41) is 2.46. The van der Waals surface area contributed by atoms with Crippen LogP contribution in [0.1, 0.15) is 10.4 Å². The number of nitrogens with one attached hydrogen (secondary N) is 1. The number of ether oxygens (including phenoxy) is 2. The van der Waals surface area contributed by atoms with E-state index in [4.69, 9.17) is 15.2 Å². The van der Waals surface area contributed by atoms with Crippen molar-refractivity contribution in [1.29, 1.82) is 0 Å². The van der Waals surface area contributed by atoms with Crippen LogP contribution in [0.25, 0.3) is 0 Å². The van der Waals surface area contributed by atoms with Crippen LogP contribution in [0.5, 0.6) is 0 Å². The number of hydrogen-bond donors (Lipinski definition) is 2. The first-order valence-corrected chi connectivity index (χ1v) is 5.54. The molecule has 0 heterocycles. The zero-order valence-corrected chi connectivity index (χ0v) is 10.7. The molecule has 3 N–H and O–H groups in total. The summed E-state index contributed by atoms with van der Waals surface area (Å²) in [6, 6.07) is 1.53. The lowest BCUT2D eigenvalue weighted by molar-refractivity contribution is 0.0285. The zero-order valence-electron chi connectivity index (χ0n) is 10.7. The lowest BCUT2D eigenvalue weighted by atomic mass is 10.1. The van der Waals surface area contributed by atoms with E-state index in [1.165, 1.54) is 14.2 Å². The number of amides is 1. The monoisotopic (exact) mass is 274 g/mol. The molecule has 1 unspecified atom stereocenters. The Kier molecular flexibility index (Phi) is 5.65. The van der Waals surface area contributed by atoms with E-state index in [-0.39, 0.29) is 30.5 Å². The van der Waals surface area contributed by atoms with Crippen molar-refractivity contribution in [2.45, 2.75) is 6.10 Å². The second-order valence-corrected chi connectivity index (χ2v) is 3.88. The van der Waals surface area contributed by atoms with E-state index in [0.717, 1.165) is 6.07 Å². The summed E-state index contributed by atoms with van der Waals surface area (Å²) in [6.45, 7) is 0.421. The Hall–Kier alpha value is -1.73. The molecule has 1 aromatic carbocycles. The van der Waals surface area contributed by atoms with Gasteiger partial charge in [-0.3, -0.25) is 4.79 Å². The van der Waals surface area contributed by atoms with Crippen molar-refractivity contribution in [1.82, 2.24) is 5.32 Å². The van der Waals surface area contributed by atoms with Gasteiger partial charge in [0.2, 0.25) is 0 Å². The Morgan fingerprint density at radius 2 is 2.05 bits per heavy atom. The fourth-order valence-electron chi connectivity index (χ4n) is 1.44. The highest BCUT2D eigenvalue weighted by molar-refractivity contribution is 5.95. The highest BCUT2D eigenvalue weighted by Crippen LogP contribution is 2.16. The average molecular weight is 274 g/mol. The molecule has 0 radical (unpaired) electrons. The molecule has 0 aromatic heterocycles. The lowest BCUT2D eigenvalue weighted by Crippen LogP contribution is -2.36. The third-order valence-corrected chi connectivity index (χ3v) is 2.51. The summed E-state index contributed by atoms with van der Waals surface area (Å²) >= 11 is 0. The standard InChI is InChI=1S/C12H16F2N2O3/c1-18-6-7(19-2)5-16-12(17)8-3-11(15)10(14)4-9(8)13/h3-4,7H,5-6,15H2,1-2H3,(H,16,17). The molecule has 7 heteroatoms. The molecule has 1 rings (SSSR count). The fourth-order valence-corrected chi connectivity index (χ4v) is 1.44. The molecule has 0 bridgehead atoms. The Morgan fingerprint density at radius 1 is 1.37 bits per heavy atom. The van der Waals surface area contributed by atoms with Crippen LogP contribution >= 0.6 is 0 Å². The molecule has 106 valence electrons. The minimum absolute atomic E-state index is 0.139. The second-order valence-electron chi connectivity index (χ2n) is 3.88. The molecule has 0 aliphatic carbocycles. The molecule has 0 saturated heterocycles. The van der Waals surface area contributed by atoms with Gasteiger partial charge in [-0.15, -0.1) is 0 Å². The van der Waals surface area contributed by atoms with Crippen LogP contribution in [-0.4, -0.2) is 39.4 Å². The maximum absolute atomic E-state index is 13.4. The Bertz CT molecular complexity index is 455. The molecular weight excluding hydrogens is 258 g/mol. The van der Waals surface area contributed by atoms with Crippen LogP contribution in [0.2, 0.25) is 0 Å². The summed E-state index contributed by atoms with van der Waals surface area (Å²) in [7, 11) is 2.96. The highest BCUT2D eigenvalue weighted by Gasteiger charge is 2.16. The van der Waals surface area contributed by atoms with Crippen molar-refractivity contribution >= 4 is 11.6 Å². The van der Waals surface area contributed by atoms with E-state index >= 15 is 0 Å². The molecule has 0 aliphatic rings. The van der Waals surface area contributed by atoms with Crippen LogP contribution in [0, 0.1) is 11.6 Å². The third-order valence-electron chi connectivity index (χ3n) is 2.51. The molecular formula is C12H16F2N2O3. The first-order valence-electron chi connectivity index (χ1n) is 5.54. The topological polar surface area (TPSA) is 73.6 Å². The minimum atomic E-state index is -0.968. The molecule has 19 heavy (non-hydrogen) atoms. The average Bonchev–Trinajstić information content (AvgIpc) is 2.38. The third kappa shape index (κ3) is 4.15. The summed E-state index contributed by atoms with van der Waals surface area (Å²) in [5.74, 6) is -2.56. The van der Waals surface area contributed by atoms with Crippen molar-refractivity contribution in [2.24, 2.45) is 0 Å². The smallest absolute Gasteiger partial charge is 0.254 e. The predicted octanol–water partition coefficient (Wildman–Crippen LogP) is 0.938. The maximum Gasteiger partial charge on any atom is 0.254 e. The van der Waals surface area contributed by atoms with E-state index in [0.29, 0.717) is 6.07 Å². The van der Waals surface area contributed by atoms with Gasteiger partial charge in [0, 0.05) is 26.8 Å². The summed E-state index contributed by atoms with van der Waals surface area (Å²) in [5.41, 5.74) is 4.69. The molecule has 0 saturated carbocycles. The zero-order chi connectivity index (χ0) is 14.4. The SMILES string of the molecule is COCC(CNC(=O)c1cc(N)c(F)cc1F)OC. The number of benzene rings is 1. The van der Waals surface area contributed by atoms with Crippen LogP contribution in [0.3, 0.4) is 0 Å². The summed E-state index contributed by atoms with van der Waals surface area (Å²) < 4.78 is 36.3. The van der Waals surface area contributed by atoms with Gasteiger partial charge in [-0.2, -0.15) is 0 Å². The van der Waals surface area contributed by atoms with Crippen LogP contribution in [-0.2, 0) is 9.47 Å². The van der Waals surface area contributed by atoms with Crippen molar-refractivity contribution in [2.75, 3.05) is 33.1 Å². The number of carbonyl (C=O) groups is 1. The maximum atomic E-state index is 13.4. The van der Waals surface area contributed by atoms with Crippen molar-refractivity contribution in [3.8, 4) is 0 Å².